The number of anilines is 2. The number of fused-ring (bicyclic) bond motifs is 1. The molecule has 172 valence electrons. The molecule has 2 aliphatic heterocycles. The van der Waals surface area contributed by atoms with Crippen LogP contribution in [0.1, 0.15) is 25.3 Å². The van der Waals surface area contributed by atoms with Crippen molar-refractivity contribution < 1.29 is 23.5 Å². The Bertz CT molecular complexity index is 946. The Balaban J connectivity index is 1.43. The Kier molecular flexibility index (Phi) is 6.69. The molecule has 32 heavy (non-hydrogen) atoms. The number of aryl methyl sites for hydroxylation is 1. The molecule has 0 aromatic heterocycles. The van der Waals surface area contributed by atoms with Gasteiger partial charge in [0.15, 0.2) is 6.61 Å². The van der Waals surface area contributed by atoms with Gasteiger partial charge in [-0.25, -0.2) is 0 Å². The van der Waals surface area contributed by atoms with Crippen molar-refractivity contribution in [2.24, 2.45) is 5.92 Å². The van der Waals surface area contributed by atoms with Crippen LogP contribution in [0.5, 0.6) is 5.75 Å². The zero-order valence-corrected chi connectivity index (χ0v) is 20.0. The number of amides is 1. The third-order valence-electron chi connectivity index (χ3n) is 6.73. The average molecular weight is 458 g/mol. The molecule has 0 aliphatic carbocycles. The van der Waals surface area contributed by atoms with E-state index >= 15 is 0 Å². The topological polar surface area (TPSA) is 59.0 Å². The Morgan fingerprint density at radius 1 is 1.09 bits per heavy atom. The van der Waals surface area contributed by atoms with E-state index in [4.69, 9.17) is 9.47 Å². The molecule has 2 aromatic carbocycles. The molecule has 2 aliphatic rings. The summed E-state index contributed by atoms with van der Waals surface area (Å²) in [6.45, 7) is 5.63. The fourth-order valence-corrected chi connectivity index (χ4v) is 7.88. The predicted octanol–water partition coefficient (Wildman–Crippen LogP) is 5.01. The SMILES string of the molecule is C[C@@H]1[C@@H]([Si](C)(C)F)[C@H](CCO)O[C@@H]1CCc1ccc(N2C(=O)COc3ccccc32)cc1. The molecule has 4 rings (SSSR count). The van der Waals surface area contributed by atoms with Crippen LogP contribution >= 0.6 is 0 Å². The normalized spacial score (nSPS) is 25.5. The van der Waals surface area contributed by atoms with Crippen LogP contribution in [-0.4, -0.2) is 44.8 Å². The molecule has 0 bridgehead atoms. The van der Waals surface area contributed by atoms with Crippen LogP contribution in [-0.2, 0) is 16.0 Å². The number of aliphatic hydroxyl groups is 1. The van der Waals surface area contributed by atoms with Crippen molar-refractivity contribution >= 4 is 25.7 Å². The molecule has 5 nitrogen and oxygen atoms in total. The Labute approximate surface area is 190 Å². The van der Waals surface area contributed by atoms with Gasteiger partial charge in [-0.05, 0) is 68.1 Å². The lowest BCUT2D eigenvalue weighted by molar-refractivity contribution is -0.120. The number of nitrogens with zero attached hydrogens (tertiary/aromatic N) is 1. The highest BCUT2D eigenvalue weighted by atomic mass is 28.4. The molecule has 7 heteroatoms. The van der Waals surface area contributed by atoms with Crippen molar-refractivity contribution in [1.29, 1.82) is 0 Å². The van der Waals surface area contributed by atoms with Gasteiger partial charge in [0, 0.05) is 17.8 Å². The van der Waals surface area contributed by atoms with Crippen LogP contribution in [0.3, 0.4) is 0 Å². The lowest BCUT2D eigenvalue weighted by Crippen LogP contribution is -2.36. The zero-order chi connectivity index (χ0) is 22.9. The number of halogens is 1. The second-order valence-corrected chi connectivity index (χ2v) is 13.2. The minimum absolute atomic E-state index is 0.00792. The maximum absolute atomic E-state index is 14.9. The van der Waals surface area contributed by atoms with Crippen LogP contribution in [0, 0.1) is 5.92 Å². The van der Waals surface area contributed by atoms with Crippen molar-refractivity contribution in [3.63, 3.8) is 0 Å². The van der Waals surface area contributed by atoms with Crippen LogP contribution in [0.4, 0.5) is 15.5 Å². The second-order valence-electron chi connectivity index (χ2n) is 9.37. The lowest BCUT2D eigenvalue weighted by Gasteiger charge is -2.29. The summed E-state index contributed by atoms with van der Waals surface area (Å²) in [5, 5.41) is 9.38. The van der Waals surface area contributed by atoms with Gasteiger partial charge in [0.1, 0.15) is 5.75 Å². The predicted molar refractivity (Wildman–Crippen MR) is 126 cm³/mol. The van der Waals surface area contributed by atoms with Crippen molar-refractivity contribution in [3.05, 3.63) is 54.1 Å². The minimum atomic E-state index is -2.88. The van der Waals surface area contributed by atoms with Gasteiger partial charge in [-0.1, -0.05) is 31.2 Å². The second kappa shape index (κ2) is 9.33. The maximum atomic E-state index is 14.9. The number of carbonyl (C=O) groups excluding carboxylic acids is 1. The van der Waals surface area contributed by atoms with Crippen LogP contribution < -0.4 is 9.64 Å². The quantitative estimate of drug-likeness (QED) is 0.469. The van der Waals surface area contributed by atoms with Gasteiger partial charge in [0.2, 0.25) is 8.41 Å². The van der Waals surface area contributed by atoms with Crippen LogP contribution in [0.15, 0.2) is 48.5 Å². The standard InChI is InChI=1S/C25H32FNO4Si/c1-17-21(31-23(14-15-28)25(17)32(2,3)26)13-10-18-8-11-19(12-9-18)27-20-6-4-5-7-22(20)30-16-24(27)29/h4-9,11-12,17,21,23,25,28H,10,13-16H2,1-3H3/t17-,21+,23-,25+/m0/s1. The molecule has 1 amide bonds. The fourth-order valence-electron chi connectivity index (χ4n) is 5.28. The third kappa shape index (κ3) is 4.60. The van der Waals surface area contributed by atoms with Gasteiger partial charge < -0.3 is 18.7 Å². The molecule has 2 heterocycles. The molecular formula is C25H32FNO4Si. The molecule has 0 spiro atoms. The summed E-state index contributed by atoms with van der Waals surface area (Å²) in [5.74, 6) is 0.749. The molecular weight excluding hydrogens is 425 g/mol. The van der Waals surface area contributed by atoms with Crippen LogP contribution in [0.25, 0.3) is 0 Å². The average Bonchev–Trinajstić information content (AvgIpc) is 3.08. The number of hydrogen-bond donors (Lipinski definition) is 1. The van der Waals surface area contributed by atoms with E-state index in [1.807, 2.05) is 48.5 Å². The largest absolute Gasteiger partial charge is 0.482 e. The van der Waals surface area contributed by atoms with Gasteiger partial charge in [-0.3, -0.25) is 9.69 Å². The number of para-hydroxylation sites is 2. The number of hydrogen-bond acceptors (Lipinski definition) is 4. The number of aliphatic hydroxyl groups excluding tert-OH is 1. The lowest BCUT2D eigenvalue weighted by atomic mass is 9.95. The number of rotatable bonds is 7. The monoisotopic (exact) mass is 457 g/mol. The van der Waals surface area contributed by atoms with Crippen LogP contribution in [0.2, 0.25) is 18.6 Å². The summed E-state index contributed by atoms with van der Waals surface area (Å²) >= 11 is 0. The molecule has 0 unspecified atom stereocenters. The van der Waals surface area contributed by atoms with Crippen molar-refractivity contribution in [1.82, 2.24) is 0 Å². The number of benzene rings is 2. The first-order valence-electron chi connectivity index (χ1n) is 11.4. The van der Waals surface area contributed by atoms with E-state index in [0.29, 0.717) is 12.2 Å². The summed E-state index contributed by atoms with van der Waals surface area (Å²) in [4.78, 5) is 14.2. The fraction of sp³-hybridized carbons (Fsp3) is 0.480. The highest BCUT2D eigenvalue weighted by Gasteiger charge is 2.50. The summed E-state index contributed by atoms with van der Waals surface area (Å²) in [6.07, 6.45) is 1.92. The third-order valence-corrected chi connectivity index (χ3v) is 9.21. The first-order valence-corrected chi connectivity index (χ1v) is 14.3. The molecule has 1 saturated heterocycles. The summed E-state index contributed by atoms with van der Waals surface area (Å²) in [5.41, 5.74) is 2.63. The minimum Gasteiger partial charge on any atom is -0.482 e. The van der Waals surface area contributed by atoms with E-state index < -0.39 is 8.41 Å². The van der Waals surface area contributed by atoms with Crippen molar-refractivity contribution in [2.75, 3.05) is 18.1 Å². The van der Waals surface area contributed by atoms with E-state index in [0.717, 1.165) is 29.8 Å². The molecule has 4 atom stereocenters. The van der Waals surface area contributed by atoms with Gasteiger partial charge in [-0.15, -0.1) is 0 Å². The Morgan fingerprint density at radius 3 is 2.50 bits per heavy atom. The van der Waals surface area contributed by atoms with E-state index in [1.165, 1.54) is 0 Å². The van der Waals surface area contributed by atoms with E-state index in [9.17, 15) is 14.0 Å². The molecule has 2 aromatic rings. The van der Waals surface area contributed by atoms with Crippen molar-refractivity contribution in [2.45, 2.75) is 57.0 Å². The first-order chi connectivity index (χ1) is 15.3. The number of ether oxygens (including phenoxy) is 2. The Hall–Kier alpha value is -2.22. The van der Waals surface area contributed by atoms with E-state index in [1.54, 1.807) is 18.0 Å². The molecule has 1 fully saturated rings. The summed E-state index contributed by atoms with van der Waals surface area (Å²) in [7, 11) is -2.88. The van der Waals surface area contributed by atoms with Gasteiger partial charge >= 0.3 is 0 Å². The van der Waals surface area contributed by atoms with Gasteiger partial charge in [0.05, 0.1) is 17.9 Å². The maximum Gasteiger partial charge on any atom is 0.269 e. The molecule has 0 radical (unpaired) electrons. The highest BCUT2D eigenvalue weighted by molar-refractivity contribution is 6.72. The van der Waals surface area contributed by atoms with E-state index in [2.05, 4.69) is 6.92 Å². The summed E-state index contributed by atoms with van der Waals surface area (Å²) in [6, 6.07) is 15.5. The Morgan fingerprint density at radius 2 is 1.81 bits per heavy atom. The van der Waals surface area contributed by atoms with E-state index in [-0.39, 0.29) is 42.8 Å². The molecule has 1 N–H and O–H groups in total. The number of carbonyl (C=O) groups is 1. The van der Waals surface area contributed by atoms with Gasteiger partial charge in [0.25, 0.3) is 5.91 Å². The zero-order valence-electron chi connectivity index (χ0n) is 19.0. The van der Waals surface area contributed by atoms with Gasteiger partial charge in [-0.2, -0.15) is 0 Å². The summed E-state index contributed by atoms with van der Waals surface area (Å²) < 4.78 is 26.7. The van der Waals surface area contributed by atoms with Crippen molar-refractivity contribution in [3.8, 4) is 5.75 Å². The molecule has 0 saturated carbocycles. The first kappa shape index (κ1) is 23.0. The smallest absolute Gasteiger partial charge is 0.269 e. The highest BCUT2D eigenvalue weighted by Crippen LogP contribution is 2.46.